The Morgan fingerprint density at radius 1 is 1.25 bits per heavy atom. The molecule has 0 bridgehead atoms. The maximum absolute atomic E-state index is 13.1. The molecule has 1 aromatic carbocycles. The molecule has 126 valence electrons. The Balaban J connectivity index is 1.64. The lowest BCUT2D eigenvalue weighted by atomic mass is 10.0. The highest BCUT2D eigenvalue weighted by Gasteiger charge is 2.36. The maximum atomic E-state index is 13.1. The summed E-state index contributed by atoms with van der Waals surface area (Å²) in [4.78, 5) is 19.5. The molecular weight excluding hydrogens is 304 g/mol. The number of carbonyl (C=O) groups is 1. The molecule has 0 radical (unpaired) electrons. The first kappa shape index (κ1) is 15.4. The highest BCUT2D eigenvalue weighted by Crippen LogP contribution is 2.40. The molecule has 2 atom stereocenters. The van der Waals surface area contributed by atoms with Crippen LogP contribution in [0.5, 0.6) is 0 Å². The zero-order valence-electron chi connectivity index (χ0n) is 14.1. The maximum Gasteiger partial charge on any atom is 0.292 e. The number of oxazole rings is 1. The normalized spacial score (nSPS) is 24.2. The van der Waals surface area contributed by atoms with Crippen LogP contribution in [0.3, 0.4) is 0 Å². The van der Waals surface area contributed by atoms with Gasteiger partial charge in [-0.1, -0.05) is 30.3 Å². The van der Waals surface area contributed by atoms with Crippen LogP contribution >= 0.6 is 0 Å². The highest BCUT2D eigenvalue weighted by molar-refractivity contribution is 5.93. The number of aromatic nitrogens is 1. The molecule has 5 nitrogen and oxygen atoms in total. The lowest BCUT2D eigenvalue weighted by Gasteiger charge is -2.38. The smallest absolute Gasteiger partial charge is 0.292 e. The van der Waals surface area contributed by atoms with Crippen molar-refractivity contribution in [1.82, 2.24) is 9.88 Å². The van der Waals surface area contributed by atoms with Crippen molar-refractivity contribution in [3.8, 4) is 0 Å². The van der Waals surface area contributed by atoms with Crippen LogP contribution in [0.25, 0.3) is 0 Å². The Kier molecular flexibility index (Phi) is 3.88. The fraction of sp³-hybridized carbons (Fsp3) is 0.474. The Labute approximate surface area is 141 Å². The fourth-order valence-electron chi connectivity index (χ4n) is 3.23. The zero-order valence-corrected chi connectivity index (χ0v) is 14.1. The predicted octanol–water partition coefficient (Wildman–Crippen LogP) is 3.46. The van der Waals surface area contributed by atoms with Gasteiger partial charge in [0.1, 0.15) is 0 Å². The van der Waals surface area contributed by atoms with E-state index in [0.29, 0.717) is 36.4 Å². The number of hydrogen-bond acceptors (Lipinski definition) is 4. The Bertz CT molecular complexity index is 736. The number of ether oxygens (including phenoxy) is 1. The van der Waals surface area contributed by atoms with Gasteiger partial charge in [0, 0.05) is 12.5 Å². The molecule has 0 spiro atoms. The van der Waals surface area contributed by atoms with Crippen molar-refractivity contribution in [3.63, 3.8) is 0 Å². The summed E-state index contributed by atoms with van der Waals surface area (Å²) in [5.74, 6) is 1.41. The van der Waals surface area contributed by atoms with Crippen LogP contribution in [0.1, 0.15) is 59.4 Å². The number of aryl methyl sites for hydroxylation is 1. The minimum Gasteiger partial charge on any atom is -0.435 e. The largest absolute Gasteiger partial charge is 0.435 e. The summed E-state index contributed by atoms with van der Waals surface area (Å²) in [5, 5.41) is 0. The van der Waals surface area contributed by atoms with Gasteiger partial charge >= 0.3 is 0 Å². The van der Waals surface area contributed by atoms with Gasteiger partial charge in [-0.2, -0.15) is 0 Å². The number of carbonyl (C=O) groups excluding carboxylic acids is 1. The van der Waals surface area contributed by atoms with Crippen LogP contribution in [0.2, 0.25) is 0 Å². The van der Waals surface area contributed by atoms with Crippen molar-refractivity contribution in [1.29, 1.82) is 0 Å². The van der Waals surface area contributed by atoms with Crippen molar-refractivity contribution in [2.24, 2.45) is 0 Å². The number of morpholine rings is 1. The quantitative estimate of drug-likeness (QED) is 0.867. The third-order valence-electron chi connectivity index (χ3n) is 4.75. The zero-order chi connectivity index (χ0) is 16.7. The van der Waals surface area contributed by atoms with Crippen LogP contribution in [0.15, 0.2) is 34.7 Å². The summed E-state index contributed by atoms with van der Waals surface area (Å²) in [6.07, 6.45) is 2.23. The van der Waals surface area contributed by atoms with Gasteiger partial charge in [0.15, 0.2) is 5.89 Å². The van der Waals surface area contributed by atoms with Gasteiger partial charge in [0.25, 0.3) is 5.91 Å². The van der Waals surface area contributed by atoms with Gasteiger partial charge in [-0.3, -0.25) is 4.79 Å². The molecule has 1 aliphatic heterocycles. The van der Waals surface area contributed by atoms with Crippen LogP contribution in [0.4, 0.5) is 0 Å². The van der Waals surface area contributed by atoms with Crippen molar-refractivity contribution in [3.05, 3.63) is 53.2 Å². The minimum atomic E-state index is -0.0937. The van der Waals surface area contributed by atoms with Crippen molar-refractivity contribution in [2.75, 3.05) is 13.2 Å². The fourth-order valence-corrected chi connectivity index (χ4v) is 3.23. The first-order valence-electron chi connectivity index (χ1n) is 8.58. The van der Waals surface area contributed by atoms with E-state index in [1.165, 1.54) is 0 Å². The van der Waals surface area contributed by atoms with Gasteiger partial charge in [-0.25, -0.2) is 4.98 Å². The number of hydrogen-bond donors (Lipinski definition) is 0. The van der Waals surface area contributed by atoms with E-state index in [-0.39, 0.29) is 18.1 Å². The Hall–Kier alpha value is -2.14. The molecule has 1 saturated carbocycles. The lowest BCUT2D eigenvalue weighted by molar-refractivity contribution is -0.0457. The number of benzene rings is 1. The van der Waals surface area contributed by atoms with Gasteiger partial charge in [0.05, 0.1) is 24.4 Å². The highest BCUT2D eigenvalue weighted by atomic mass is 16.5. The molecule has 2 fully saturated rings. The van der Waals surface area contributed by atoms with Crippen molar-refractivity contribution >= 4 is 5.91 Å². The van der Waals surface area contributed by atoms with E-state index in [0.717, 1.165) is 18.4 Å². The first-order chi connectivity index (χ1) is 11.6. The van der Waals surface area contributed by atoms with Gasteiger partial charge in [-0.15, -0.1) is 0 Å². The number of nitrogens with zero attached hydrogens (tertiary/aromatic N) is 2. The third kappa shape index (κ3) is 2.84. The van der Waals surface area contributed by atoms with Crippen molar-refractivity contribution in [2.45, 2.75) is 44.8 Å². The molecule has 1 aromatic heterocycles. The molecule has 1 saturated heterocycles. The summed E-state index contributed by atoms with van der Waals surface area (Å²) in [6.45, 7) is 4.89. The second kappa shape index (κ2) is 6.06. The summed E-state index contributed by atoms with van der Waals surface area (Å²) < 4.78 is 11.6. The van der Waals surface area contributed by atoms with E-state index < -0.39 is 0 Å². The van der Waals surface area contributed by atoms with E-state index >= 15 is 0 Å². The van der Waals surface area contributed by atoms with Gasteiger partial charge in [0.2, 0.25) is 5.76 Å². The van der Waals surface area contributed by atoms with Gasteiger partial charge < -0.3 is 14.1 Å². The summed E-state index contributed by atoms with van der Waals surface area (Å²) in [7, 11) is 0. The summed E-state index contributed by atoms with van der Waals surface area (Å²) >= 11 is 0. The van der Waals surface area contributed by atoms with Crippen LogP contribution in [-0.4, -0.2) is 35.0 Å². The molecule has 4 rings (SSSR count). The SMILES string of the molecule is Cc1nc(C2CC2)oc1C(=O)N1C[C@@H](C)OC[C@@H]1c1ccccc1. The molecule has 2 heterocycles. The lowest BCUT2D eigenvalue weighted by Crippen LogP contribution is -2.46. The monoisotopic (exact) mass is 326 g/mol. The second-order valence-corrected chi connectivity index (χ2v) is 6.77. The molecule has 1 aliphatic carbocycles. The topological polar surface area (TPSA) is 55.6 Å². The average molecular weight is 326 g/mol. The van der Waals surface area contributed by atoms with Gasteiger partial charge in [-0.05, 0) is 32.3 Å². The molecule has 1 amide bonds. The second-order valence-electron chi connectivity index (χ2n) is 6.77. The number of amides is 1. The average Bonchev–Trinajstić information content (AvgIpc) is 3.37. The molecule has 24 heavy (non-hydrogen) atoms. The van der Waals surface area contributed by atoms with E-state index in [9.17, 15) is 4.79 Å². The van der Waals surface area contributed by atoms with Crippen molar-refractivity contribution < 1.29 is 13.9 Å². The summed E-state index contributed by atoms with van der Waals surface area (Å²) in [5.41, 5.74) is 1.77. The van der Waals surface area contributed by atoms with E-state index in [2.05, 4.69) is 4.98 Å². The van der Waals surface area contributed by atoms with E-state index in [1.54, 1.807) is 0 Å². The molecule has 2 aliphatic rings. The first-order valence-corrected chi connectivity index (χ1v) is 8.58. The standard InChI is InChI=1S/C19H22N2O3/c1-12-10-21(16(11-23-12)14-6-4-3-5-7-14)19(22)17-13(2)20-18(24-17)15-8-9-15/h3-7,12,15-16H,8-11H2,1-2H3/t12-,16-/m1/s1. The Morgan fingerprint density at radius 2 is 2.00 bits per heavy atom. The predicted molar refractivity (Wildman–Crippen MR) is 88.8 cm³/mol. The molecule has 0 unspecified atom stereocenters. The van der Waals surface area contributed by atoms with E-state index in [4.69, 9.17) is 9.15 Å². The number of rotatable bonds is 3. The van der Waals surface area contributed by atoms with Crippen LogP contribution < -0.4 is 0 Å². The van der Waals surface area contributed by atoms with E-state index in [1.807, 2.05) is 49.1 Å². The third-order valence-corrected chi connectivity index (χ3v) is 4.75. The summed E-state index contributed by atoms with van der Waals surface area (Å²) in [6, 6.07) is 9.93. The van der Waals surface area contributed by atoms with Crippen LogP contribution in [-0.2, 0) is 4.74 Å². The molecular formula is C19H22N2O3. The molecule has 2 aromatic rings. The van der Waals surface area contributed by atoms with Crippen LogP contribution in [0, 0.1) is 6.92 Å². The molecule has 0 N–H and O–H groups in total. The Morgan fingerprint density at radius 3 is 2.71 bits per heavy atom. The minimum absolute atomic E-state index is 0.0139. The molecule has 5 heteroatoms.